The lowest BCUT2D eigenvalue weighted by atomic mass is 10.0. The zero-order chi connectivity index (χ0) is 17.3. The highest BCUT2D eigenvalue weighted by Crippen LogP contribution is 2.41. The van der Waals surface area contributed by atoms with Crippen LogP contribution in [-0.4, -0.2) is 34.6 Å². The molecular formula is C17H15ClN2O4. The van der Waals surface area contributed by atoms with Gasteiger partial charge in [-0.05, 0) is 23.8 Å². The van der Waals surface area contributed by atoms with Crippen molar-refractivity contribution in [1.82, 2.24) is 10.2 Å². The van der Waals surface area contributed by atoms with Crippen molar-refractivity contribution in [1.29, 1.82) is 0 Å². The number of aromatic hydroxyl groups is 2. The van der Waals surface area contributed by atoms with Crippen molar-refractivity contribution in [3.05, 3.63) is 41.6 Å². The number of phenols is 2. The van der Waals surface area contributed by atoms with Crippen LogP contribution in [0.1, 0.15) is 0 Å². The van der Waals surface area contributed by atoms with Crippen LogP contribution in [0, 0.1) is 0 Å². The van der Waals surface area contributed by atoms with Crippen molar-refractivity contribution < 1.29 is 19.7 Å². The van der Waals surface area contributed by atoms with Gasteiger partial charge in [0.05, 0.1) is 19.2 Å². The summed E-state index contributed by atoms with van der Waals surface area (Å²) >= 11 is 5.95. The maximum atomic E-state index is 10.1. The Morgan fingerprint density at radius 2 is 1.71 bits per heavy atom. The van der Waals surface area contributed by atoms with E-state index in [2.05, 4.69) is 10.2 Å². The van der Waals surface area contributed by atoms with Gasteiger partial charge in [0.25, 0.3) is 0 Å². The van der Waals surface area contributed by atoms with Crippen molar-refractivity contribution >= 4 is 11.6 Å². The van der Waals surface area contributed by atoms with E-state index in [1.54, 1.807) is 26.5 Å². The monoisotopic (exact) mass is 346 g/mol. The number of halogens is 1. The molecule has 1 heterocycles. The van der Waals surface area contributed by atoms with Crippen molar-refractivity contribution in [2.45, 2.75) is 0 Å². The maximum absolute atomic E-state index is 10.1. The largest absolute Gasteiger partial charge is 0.507 e. The number of methoxy groups -OCH3 is 2. The van der Waals surface area contributed by atoms with Gasteiger partial charge in [-0.25, -0.2) is 0 Å². The fourth-order valence-electron chi connectivity index (χ4n) is 2.46. The average molecular weight is 347 g/mol. The maximum Gasteiger partial charge on any atom is 0.161 e. The molecule has 3 aromatic rings. The van der Waals surface area contributed by atoms with E-state index in [1.165, 1.54) is 12.1 Å². The standard InChI is InChI=1S/C17H15ClN2O4/c1-23-15-4-3-9(5-16(15)24-2)11-8-19-20-17(11)10-6-12(18)14(22)7-13(10)21/h3-8,21-22H,1-2H3,(H,19,20). The number of nitrogens with one attached hydrogen (secondary N) is 1. The number of aromatic amines is 1. The van der Waals surface area contributed by atoms with E-state index in [9.17, 15) is 10.2 Å². The van der Waals surface area contributed by atoms with Gasteiger partial charge in [-0.1, -0.05) is 17.7 Å². The number of ether oxygens (including phenoxy) is 2. The summed E-state index contributed by atoms with van der Waals surface area (Å²) in [5.74, 6) is 0.878. The van der Waals surface area contributed by atoms with Gasteiger partial charge in [-0.2, -0.15) is 5.10 Å². The van der Waals surface area contributed by atoms with E-state index >= 15 is 0 Å². The first kappa shape index (κ1) is 16.0. The molecule has 7 heteroatoms. The van der Waals surface area contributed by atoms with Crippen LogP contribution in [0.15, 0.2) is 36.5 Å². The quantitative estimate of drug-likeness (QED) is 0.668. The van der Waals surface area contributed by atoms with Crippen LogP contribution in [0.5, 0.6) is 23.0 Å². The van der Waals surface area contributed by atoms with Crippen molar-refractivity contribution in [2.24, 2.45) is 0 Å². The van der Waals surface area contributed by atoms with Crippen LogP contribution in [0.25, 0.3) is 22.4 Å². The van der Waals surface area contributed by atoms with Crippen molar-refractivity contribution in [2.75, 3.05) is 14.2 Å². The summed E-state index contributed by atoms with van der Waals surface area (Å²) in [6.07, 6.45) is 1.71. The summed E-state index contributed by atoms with van der Waals surface area (Å²) in [6, 6.07) is 8.10. The number of hydrogen-bond donors (Lipinski definition) is 3. The fraction of sp³-hybridized carbons (Fsp3) is 0.118. The Morgan fingerprint density at radius 3 is 2.42 bits per heavy atom. The molecule has 0 fully saturated rings. The Balaban J connectivity index is 2.14. The van der Waals surface area contributed by atoms with Gasteiger partial charge in [-0.15, -0.1) is 0 Å². The summed E-state index contributed by atoms with van der Waals surface area (Å²) < 4.78 is 10.6. The Morgan fingerprint density at radius 1 is 0.958 bits per heavy atom. The lowest BCUT2D eigenvalue weighted by Crippen LogP contribution is -1.91. The number of phenolic OH excluding ortho intramolecular Hbond substituents is 2. The molecule has 0 aliphatic rings. The number of rotatable bonds is 4. The molecule has 0 aliphatic heterocycles. The number of benzene rings is 2. The van der Waals surface area contributed by atoms with Crippen LogP contribution >= 0.6 is 11.6 Å². The van der Waals surface area contributed by atoms with Gasteiger partial charge < -0.3 is 19.7 Å². The van der Waals surface area contributed by atoms with Gasteiger partial charge in [0, 0.05) is 23.4 Å². The third-order valence-electron chi connectivity index (χ3n) is 3.66. The lowest BCUT2D eigenvalue weighted by Gasteiger charge is -2.10. The van der Waals surface area contributed by atoms with Crippen molar-refractivity contribution in [3.63, 3.8) is 0 Å². The second-order valence-electron chi connectivity index (χ2n) is 5.04. The molecule has 0 amide bonds. The number of H-pyrrole nitrogens is 1. The topological polar surface area (TPSA) is 87.6 Å². The Labute approximate surface area is 143 Å². The van der Waals surface area contributed by atoms with Gasteiger partial charge in [0.2, 0.25) is 0 Å². The van der Waals surface area contributed by atoms with Gasteiger partial charge in [-0.3, -0.25) is 5.10 Å². The molecule has 0 saturated carbocycles. The number of hydrogen-bond acceptors (Lipinski definition) is 5. The van der Waals surface area contributed by atoms with Crippen molar-refractivity contribution in [3.8, 4) is 45.4 Å². The minimum Gasteiger partial charge on any atom is -0.507 e. The molecular weight excluding hydrogens is 332 g/mol. The third-order valence-corrected chi connectivity index (χ3v) is 3.96. The summed E-state index contributed by atoms with van der Waals surface area (Å²) in [5, 5.41) is 26.8. The van der Waals surface area contributed by atoms with E-state index in [1.807, 2.05) is 12.1 Å². The predicted molar refractivity (Wildman–Crippen MR) is 90.9 cm³/mol. The summed E-state index contributed by atoms with van der Waals surface area (Å²) in [5.41, 5.74) is 2.47. The summed E-state index contributed by atoms with van der Waals surface area (Å²) in [4.78, 5) is 0. The average Bonchev–Trinajstić information content (AvgIpc) is 3.06. The number of aromatic nitrogens is 2. The van der Waals surface area contributed by atoms with Gasteiger partial charge in [0.15, 0.2) is 11.5 Å². The molecule has 24 heavy (non-hydrogen) atoms. The zero-order valence-corrected chi connectivity index (χ0v) is 13.8. The molecule has 0 bridgehead atoms. The Kier molecular flexibility index (Phi) is 4.22. The second-order valence-corrected chi connectivity index (χ2v) is 5.45. The molecule has 1 aromatic heterocycles. The predicted octanol–water partition coefficient (Wildman–Crippen LogP) is 3.83. The summed E-state index contributed by atoms with van der Waals surface area (Å²) in [6.45, 7) is 0. The first-order chi connectivity index (χ1) is 11.5. The first-order valence-electron chi connectivity index (χ1n) is 7.03. The van der Waals surface area contributed by atoms with E-state index in [-0.39, 0.29) is 16.5 Å². The van der Waals surface area contributed by atoms with Crippen LogP contribution in [0.2, 0.25) is 5.02 Å². The van der Waals surface area contributed by atoms with E-state index in [4.69, 9.17) is 21.1 Å². The molecule has 3 rings (SSSR count). The normalized spacial score (nSPS) is 10.6. The zero-order valence-electron chi connectivity index (χ0n) is 13.0. The number of nitrogens with zero attached hydrogens (tertiary/aromatic N) is 1. The van der Waals surface area contributed by atoms with Crippen LogP contribution in [0.4, 0.5) is 0 Å². The molecule has 0 radical (unpaired) electrons. The first-order valence-corrected chi connectivity index (χ1v) is 7.41. The lowest BCUT2D eigenvalue weighted by molar-refractivity contribution is 0.355. The van der Waals surface area contributed by atoms with Gasteiger partial charge >= 0.3 is 0 Å². The van der Waals surface area contributed by atoms with Gasteiger partial charge in [0.1, 0.15) is 17.2 Å². The van der Waals surface area contributed by atoms with Crippen LogP contribution < -0.4 is 9.47 Å². The molecule has 6 nitrogen and oxygen atoms in total. The highest BCUT2D eigenvalue weighted by molar-refractivity contribution is 6.32. The second kappa shape index (κ2) is 6.33. The van der Waals surface area contributed by atoms with Crippen LogP contribution in [-0.2, 0) is 0 Å². The molecule has 3 N–H and O–H groups in total. The van der Waals surface area contributed by atoms with E-state index in [0.29, 0.717) is 22.8 Å². The summed E-state index contributed by atoms with van der Waals surface area (Å²) in [7, 11) is 3.13. The smallest absolute Gasteiger partial charge is 0.161 e. The fourth-order valence-corrected chi connectivity index (χ4v) is 2.62. The highest BCUT2D eigenvalue weighted by Gasteiger charge is 2.17. The SMILES string of the molecule is COc1ccc(-c2c[nH]nc2-c2cc(Cl)c(O)cc2O)cc1OC. The Bertz CT molecular complexity index is 892. The molecule has 0 spiro atoms. The van der Waals surface area contributed by atoms with E-state index in [0.717, 1.165) is 11.1 Å². The highest BCUT2D eigenvalue weighted by atomic mass is 35.5. The Hall–Kier alpha value is -2.86. The molecule has 2 aromatic carbocycles. The van der Waals surface area contributed by atoms with Crippen LogP contribution in [0.3, 0.4) is 0 Å². The molecule has 0 aliphatic carbocycles. The minimum atomic E-state index is -0.193. The van der Waals surface area contributed by atoms with E-state index < -0.39 is 0 Å². The molecule has 0 unspecified atom stereocenters. The molecule has 0 atom stereocenters. The molecule has 0 saturated heterocycles. The minimum absolute atomic E-state index is 0.120. The molecule has 124 valence electrons. The third kappa shape index (κ3) is 2.72.